The summed E-state index contributed by atoms with van der Waals surface area (Å²) in [6, 6.07) is 33.9. The molecule has 0 bridgehead atoms. The summed E-state index contributed by atoms with van der Waals surface area (Å²) in [4.78, 5) is 0. The second-order valence-corrected chi connectivity index (χ2v) is 13.0. The molecule has 0 heterocycles. The van der Waals surface area contributed by atoms with Gasteiger partial charge in [-0.15, -0.1) is 0 Å². The second-order valence-electron chi connectivity index (χ2n) is 11.8. The van der Waals surface area contributed by atoms with Gasteiger partial charge in [0.1, 0.15) is 23.0 Å². The second kappa shape index (κ2) is 15.6. The minimum atomic E-state index is -0.192. The summed E-state index contributed by atoms with van der Waals surface area (Å²) in [7, 11) is -0.385. The van der Waals surface area contributed by atoms with E-state index in [1.807, 2.05) is 36.4 Å². The van der Waals surface area contributed by atoms with Crippen molar-refractivity contribution in [1.29, 1.82) is 0 Å². The van der Waals surface area contributed by atoms with Crippen molar-refractivity contribution in [2.24, 2.45) is 0 Å². The Kier molecular flexibility index (Phi) is 11.4. The van der Waals surface area contributed by atoms with E-state index in [0.717, 1.165) is 63.7 Å². The molecule has 0 fully saturated rings. The lowest BCUT2D eigenvalue weighted by molar-refractivity contribution is 0.500. The van der Waals surface area contributed by atoms with Gasteiger partial charge in [0.2, 0.25) is 0 Å². The molecule has 0 saturated heterocycles. The highest BCUT2D eigenvalue weighted by molar-refractivity contribution is 7.27. The molecule has 4 nitrogen and oxygen atoms in total. The van der Waals surface area contributed by atoms with E-state index in [-0.39, 0.29) is 24.0 Å². The predicted molar refractivity (Wildman–Crippen MR) is 195 cm³/mol. The van der Waals surface area contributed by atoms with Crippen LogP contribution in [0, 0.1) is 34.6 Å². The summed E-state index contributed by atoms with van der Waals surface area (Å²) in [5.74, 6) is 3.25. The van der Waals surface area contributed by atoms with Gasteiger partial charge in [0, 0.05) is 17.0 Å². The summed E-state index contributed by atoms with van der Waals surface area (Å²) in [5, 5.41) is 0. The molecule has 0 aliphatic rings. The van der Waals surface area contributed by atoms with Crippen LogP contribution in [0.1, 0.15) is 75.4 Å². The summed E-state index contributed by atoms with van der Waals surface area (Å²) < 4.78 is 25.6. The fourth-order valence-electron chi connectivity index (χ4n) is 5.97. The average Bonchev–Trinajstić information content (AvgIpc) is 3.04. The molecular weight excluding hydrogens is 606 g/mol. The largest absolute Gasteiger partial charge is 0.440 e. The SMILES string of the molecule is CCc1ccccc1OPOc1c(C)cc(C)cc1C(c1ccc(C)cc1)c1cc(C)cc(C)c1OPOc1ccccc1CC. The van der Waals surface area contributed by atoms with Crippen molar-refractivity contribution in [3.8, 4) is 23.0 Å². The lowest BCUT2D eigenvalue weighted by atomic mass is 9.81. The van der Waals surface area contributed by atoms with Crippen molar-refractivity contribution < 1.29 is 18.1 Å². The highest BCUT2D eigenvalue weighted by Gasteiger charge is 2.27. The Morgan fingerprint density at radius 1 is 0.500 bits per heavy atom. The Morgan fingerprint density at radius 2 is 0.935 bits per heavy atom. The summed E-state index contributed by atoms with van der Waals surface area (Å²) >= 11 is 0. The van der Waals surface area contributed by atoms with E-state index in [4.69, 9.17) is 18.1 Å². The third kappa shape index (κ3) is 7.92. The van der Waals surface area contributed by atoms with Crippen LogP contribution in [0.4, 0.5) is 0 Å². The zero-order valence-corrected chi connectivity index (χ0v) is 29.9. The zero-order valence-electron chi connectivity index (χ0n) is 27.9. The van der Waals surface area contributed by atoms with Gasteiger partial charge >= 0.3 is 0 Å². The van der Waals surface area contributed by atoms with Crippen LogP contribution < -0.4 is 18.1 Å². The van der Waals surface area contributed by atoms with Crippen LogP contribution in [-0.4, -0.2) is 0 Å². The van der Waals surface area contributed by atoms with Crippen LogP contribution in [0.5, 0.6) is 23.0 Å². The highest BCUT2D eigenvalue weighted by Crippen LogP contribution is 2.47. The molecule has 0 aromatic heterocycles. The first-order valence-corrected chi connectivity index (χ1v) is 17.5. The molecule has 2 atom stereocenters. The van der Waals surface area contributed by atoms with Gasteiger partial charge in [0.15, 0.2) is 0 Å². The first kappa shape index (κ1) is 33.5. The van der Waals surface area contributed by atoms with Gasteiger partial charge in [-0.3, -0.25) is 0 Å². The molecule has 238 valence electrons. The minimum Gasteiger partial charge on any atom is -0.440 e. The van der Waals surface area contributed by atoms with Crippen molar-refractivity contribution in [3.63, 3.8) is 0 Å². The third-order valence-electron chi connectivity index (χ3n) is 8.23. The zero-order chi connectivity index (χ0) is 32.6. The maximum absolute atomic E-state index is 6.58. The Morgan fingerprint density at radius 3 is 1.37 bits per heavy atom. The van der Waals surface area contributed by atoms with Gasteiger partial charge in [-0.05, 0) is 87.4 Å². The molecule has 46 heavy (non-hydrogen) atoms. The van der Waals surface area contributed by atoms with E-state index in [2.05, 4.69) is 109 Å². The Labute approximate surface area is 278 Å². The molecular formula is C40H44O4P2. The van der Waals surface area contributed by atoms with Crippen molar-refractivity contribution in [2.75, 3.05) is 0 Å². The smallest absolute Gasteiger partial charge is 0.275 e. The first-order valence-electron chi connectivity index (χ1n) is 15.9. The summed E-state index contributed by atoms with van der Waals surface area (Å²) in [6.07, 6.45) is 1.80. The monoisotopic (exact) mass is 650 g/mol. The van der Waals surface area contributed by atoms with Crippen molar-refractivity contribution in [2.45, 2.75) is 67.2 Å². The molecule has 5 aromatic rings. The van der Waals surface area contributed by atoms with E-state index < -0.39 is 0 Å². The summed E-state index contributed by atoms with van der Waals surface area (Å²) in [6.45, 7) is 14.9. The van der Waals surface area contributed by atoms with E-state index in [9.17, 15) is 0 Å². The lowest BCUT2D eigenvalue weighted by Crippen LogP contribution is -2.09. The van der Waals surface area contributed by atoms with Gasteiger partial charge in [0.05, 0.1) is 0 Å². The topological polar surface area (TPSA) is 36.9 Å². The van der Waals surface area contributed by atoms with Gasteiger partial charge < -0.3 is 18.1 Å². The lowest BCUT2D eigenvalue weighted by Gasteiger charge is -2.26. The Bertz CT molecular complexity index is 1670. The number of hydrogen-bond donors (Lipinski definition) is 0. The van der Waals surface area contributed by atoms with Crippen LogP contribution in [0.25, 0.3) is 0 Å². The summed E-state index contributed by atoms with van der Waals surface area (Å²) in [5.41, 5.74) is 11.4. The van der Waals surface area contributed by atoms with Crippen LogP contribution in [0.15, 0.2) is 97.1 Å². The highest BCUT2D eigenvalue weighted by atomic mass is 31.1. The standard InChI is InChI=1S/C40H44O4P2/c1-8-31-14-10-12-16-36(31)41-45-43-39-29(6)22-27(4)24-34(39)38(33-20-18-26(3)19-21-33)35-25-28(5)23-30(7)40(35)44-46-42-37-17-13-11-15-32(37)9-2/h10-25,38,45-46H,8-9H2,1-7H3. The molecule has 0 aliphatic heterocycles. The number of hydrogen-bond acceptors (Lipinski definition) is 4. The van der Waals surface area contributed by atoms with Crippen LogP contribution in [0.3, 0.4) is 0 Å². The predicted octanol–water partition coefficient (Wildman–Crippen LogP) is 11.5. The molecule has 5 rings (SSSR count). The molecule has 2 unspecified atom stereocenters. The van der Waals surface area contributed by atoms with Crippen molar-refractivity contribution in [3.05, 3.63) is 153 Å². The van der Waals surface area contributed by atoms with Crippen molar-refractivity contribution >= 4 is 18.1 Å². The Hall–Kier alpha value is -3.84. The molecule has 0 radical (unpaired) electrons. The van der Waals surface area contributed by atoms with Gasteiger partial charge in [0.25, 0.3) is 18.1 Å². The normalized spacial score (nSPS) is 12.2. The van der Waals surface area contributed by atoms with Crippen molar-refractivity contribution in [1.82, 2.24) is 0 Å². The van der Waals surface area contributed by atoms with Gasteiger partial charge in [-0.2, -0.15) is 0 Å². The molecule has 0 aliphatic carbocycles. The molecule has 0 saturated carbocycles. The molecule has 5 aromatic carbocycles. The van der Waals surface area contributed by atoms with Gasteiger partial charge in [-0.25, -0.2) is 0 Å². The van der Waals surface area contributed by atoms with Crippen LogP contribution in [-0.2, 0) is 12.8 Å². The van der Waals surface area contributed by atoms with E-state index in [1.54, 1.807) is 0 Å². The quantitative estimate of drug-likeness (QED) is 0.0939. The number of aryl methyl sites for hydroxylation is 7. The molecule has 6 heteroatoms. The van der Waals surface area contributed by atoms with E-state index in [0.29, 0.717) is 0 Å². The average molecular weight is 651 g/mol. The van der Waals surface area contributed by atoms with Gasteiger partial charge in [-0.1, -0.05) is 115 Å². The number of para-hydroxylation sites is 2. The molecule has 0 N–H and O–H groups in total. The molecule has 0 amide bonds. The fourth-order valence-corrected chi connectivity index (χ4v) is 7.36. The fraction of sp³-hybridized carbons (Fsp3) is 0.250. The maximum Gasteiger partial charge on any atom is 0.275 e. The van der Waals surface area contributed by atoms with E-state index in [1.165, 1.54) is 27.8 Å². The Balaban J connectivity index is 1.57. The third-order valence-corrected chi connectivity index (χ3v) is 9.41. The number of rotatable bonds is 13. The van der Waals surface area contributed by atoms with E-state index >= 15 is 0 Å². The maximum atomic E-state index is 6.58. The van der Waals surface area contributed by atoms with Crippen LogP contribution in [0.2, 0.25) is 0 Å². The first-order chi connectivity index (χ1) is 22.3. The minimum absolute atomic E-state index is 0.150. The number of benzene rings is 5. The molecule has 0 spiro atoms. The van der Waals surface area contributed by atoms with Crippen LogP contribution >= 0.6 is 18.1 Å².